The van der Waals surface area contributed by atoms with E-state index in [0.717, 1.165) is 6.07 Å². The Bertz CT molecular complexity index is 667. The quantitative estimate of drug-likeness (QED) is 0.735. The third kappa shape index (κ3) is 3.69. The first-order chi connectivity index (χ1) is 9.58. The monoisotopic (exact) mass is 329 g/mol. The maximum absolute atomic E-state index is 12.7. The number of rotatable bonds is 2. The third-order valence-electron chi connectivity index (χ3n) is 2.43. The molecule has 0 atom stereocenters. The van der Waals surface area contributed by atoms with Gasteiger partial charge in [0.1, 0.15) is 17.0 Å². The zero-order valence-electron chi connectivity index (χ0n) is 10.0. The molecule has 0 unspecified atom stereocenters. The lowest BCUT2D eigenvalue weighted by Crippen LogP contribution is -2.19. The number of hydrogen-bond donors (Lipinski definition) is 0. The van der Waals surface area contributed by atoms with E-state index in [1.165, 1.54) is 12.1 Å². The van der Waals surface area contributed by atoms with Gasteiger partial charge in [-0.15, -0.1) is 0 Å². The van der Waals surface area contributed by atoms with E-state index in [4.69, 9.17) is 11.6 Å². The Labute approximate surface area is 119 Å². The van der Waals surface area contributed by atoms with Gasteiger partial charge in [-0.25, -0.2) is 4.98 Å². The van der Waals surface area contributed by atoms with E-state index in [1.807, 2.05) is 0 Å². The van der Waals surface area contributed by atoms with Crippen molar-refractivity contribution in [2.45, 2.75) is 12.4 Å². The standard InChI is InChI=1S/C12H6ClF6NO/c13-7-4-9(12(17,18)19)20-10-6(7)2-1-3-8(10)21-5-11(14,15)16/h1-4H,5H2. The van der Waals surface area contributed by atoms with E-state index in [2.05, 4.69) is 9.72 Å². The van der Waals surface area contributed by atoms with E-state index in [9.17, 15) is 26.3 Å². The Balaban J connectivity index is 2.54. The number of fused-ring (bicyclic) bond motifs is 1. The molecule has 0 saturated carbocycles. The first-order valence-corrected chi connectivity index (χ1v) is 5.82. The number of aromatic nitrogens is 1. The van der Waals surface area contributed by atoms with Crippen molar-refractivity contribution in [1.82, 2.24) is 4.98 Å². The predicted octanol–water partition coefficient (Wildman–Crippen LogP) is 4.85. The zero-order valence-corrected chi connectivity index (χ0v) is 10.8. The topological polar surface area (TPSA) is 22.1 Å². The van der Waals surface area contributed by atoms with Crippen LogP contribution in [0.5, 0.6) is 5.75 Å². The molecule has 2 rings (SSSR count). The molecule has 0 aliphatic heterocycles. The molecule has 1 aromatic carbocycles. The molecule has 0 aliphatic rings. The second kappa shape index (κ2) is 5.25. The Hall–Kier alpha value is -1.70. The number of nitrogens with zero attached hydrogens (tertiary/aromatic N) is 1. The van der Waals surface area contributed by atoms with Gasteiger partial charge >= 0.3 is 12.4 Å². The maximum Gasteiger partial charge on any atom is 0.433 e. The van der Waals surface area contributed by atoms with Crippen LogP contribution in [0.1, 0.15) is 5.69 Å². The maximum atomic E-state index is 12.7. The van der Waals surface area contributed by atoms with Crippen LogP contribution in [0.15, 0.2) is 24.3 Å². The summed E-state index contributed by atoms with van der Waals surface area (Å²) >= 11 is 5.71. The van der Waals surface area contributed by atoms with Crippen molar-refractivity contribution in [3.63, 3.8) is 0 Å². The van der Waals surface area contributed by atoms with E-state index in [1.54, 1.807) is 0 Å². The van der Waals surface area contributed by atoms with Crippen molar-refractivity contribution in [3.05, 3.63) is 35.0 Å². The Morgan fingerprint density at radius 2 is 1.76 bits per heavy atom. The van der Waals surface area contributed by atoms with Gasteiger partial charge in [0.15, 0.2) is 6.61 Å². The van der Waals surface area contributed by atoms with Crippen molar-refractivity contribution in [1.29, 1.82) is 0 Å². The van der Waals surface area contributed by atoms with Crippen LogP contribution in [0.4, 0.5) is 26.3 Å². The average molecular weight is 330 g/mol. The molecule has 0 amide bonds. The van der Waals surface area contributed by atoms with Gasteiger partial charge in [-0.2, -0.15) is 26.3 Å². The van der Waals surface area contributed by atoms with Crippen LogP contribution in [0.2, 0.25) is 5.02 Å². The normalized spacial score (nSPS) is 12.7. The van der Waals surface area contributed by atoms with Crippen molar-refractivity contribution >= 4 is 22.5 Å². The summed E-state index contributed by atoms with van der Waals surface area (Å²) in [6.07, 6.45) is -9.39. The second-order valence-corrected chi connectivity index (χ2v) is 4.45. The van der Waals surface area contributed by atoms with Gasteiger partial charge in [-0.05, 0) is 12.1 Å². The smallest absolute Gasteiger partial charge is 0.433 e. The molecular weight excluding hydrogens is 324 g/mol. The lowest BCUT2D eigenvalue weighted by Gasteiger charge is -2.13. The molecule has 2 aromatic rings. The van der Waals surface area contributed by atoms with Crippen LogP contribution in [0.3, 0.4) is 0 Å². The molecule has 0 radical (unpaired) electrons. The summed E-state index contributed by atoms with van der Waals surface area (Å²) in [5.74, 6) is -0.419. The molecule has 0 saturated heterocycles. The molecule has 21 heavy (non-hydrogen) atoms. The SMILES string of the molecule is FC(F)(F)COc1cccc2c(Cl)cc(C(F)(F)F)nc12. The number of hydrogen-bond acceptors (Lipinski definition) is 2. The number of benzene rings is 1. The highest BCUT2D eigenvalue weighted by molar-refractivity contribution is 6.35. The van der Waals surface area contributed by atoms with E-state index < -0.39 is 30.4 Å². The molecule has 114 valence electrons. The van der Waals surface area contributed by atoms with Gasteiger partial charge in [0.2, 0.25) is 0 Å². The van der Waals surface area contributed by atoms with E-state index in [-0.39, 0.29) is 15.9 Å². The number of pyridine rings is 1. The van der Waals surface area contributed by atoms with Crippen LogP contribution < -0.4 is 4.74 Å². The lowest BCUT2D eigenvalue weighted by atomic mass is 10.2. The molecule has 1 heterocycles. The highest BCUT2D eigenvalue weighted by Crippen LogP contribution is 2.36. The fourth-order valence-electron chi connectivity index (χ4n) is 1.60. The van der Waals surface area contributed by atoms with Crippen LogP contribution in [0, 0.1) is 0 Å². The zero-order chi connectivity index (χ0) is 15.8. The molecule has 2 nitrogen and oxygen atoms in total. The Morgan fingerprint density at radius 3 is 2.33 bits per heavy atom. The second-order valence-electron chi connectivity index (χ2n) is 4.04. The summed E-state index contributed by atoms with van der Waals surface area (Å²) in [5.41, 5.74) is -1.68. The molecule has 0 spiro atoms. The number of halogens is 7. The van der Waals surface area contributed by atoms with Crippen LogP contribution in [-0.2, 0) is 6.18 Å². The molecule has 9 heteroatoms. The lowest BCUT2D eigenvalue weighted by molar-refractivity contribution is -0.153. The molecule has 0 fully saturated rings. The molecule has 0 N–H and O–H groups in total. The summed E-state index contributed by atoms with van der Waals surface area (Å²) in [6.45, 7) is -1.64. The number of ether oxygens (including phenoxy) is 1. The van der Waals surface area contributed by atoms with E-state index >= 15 is 0 Å². The van der Waals surface area contributed by atoms with Crippen molar-refractivity contribution in [2.75, 3.05) is 6.61 Å². The van der Waals surface area contributed by atoms with Crippen molar-refractivity contribution < 1.29 is 31.1 Å². The largest absolute Gasteiger partial charge is 0.482 e. The number of alkyl halides is 6. The summed E-state index contributed by atoms with van der Waals surface area (Å²) in [7, 11) is 0. The highest BCUT2D eigenvalue weighted by atomic mass is 35.5. The Morgan fingerprint density at radius 1 is 1.10 bits per heavy atom. The van der Waals surface area contributed by atoms with Crippen LogP contribution in [-0.4, -0.2) is 17.8 Å². The Kier molecular flexibility index (Phi) is 3.92. The van der Waals surface area contributed by atoms with E-state index in [0.29, 0.717) is 6.07 Å². The molecule has 0 bridgehead atoms. The minimum absolute atomic E-state index is 0.0735. The van der Waals surface area contributed by atoms with Crippen molar-refractivity contribution in [2.24, 2.45) is 0 Å². The molecule has 1 aromatic heterocycles. The minimum Gasteiger partial charge on any atom is -0.482 e. The summed E-state index contributed by atoms with van der Waals surface area (Å²) in [4.78, 5) is 3.31. The van der Waals surface area contributed by atoms with Gasteiger partial charge in [-0.3, -0.25) is 0 Å². The van der Waals surface area contributed by atoms with Crippen LogP contribution in [0.25, 0.3) is 10.9 Å². The number of para-hydroxylation sites is 1. The van der Waals surface area contributed by atoms with Gasteiger partial charge < -0.3 is 4.74 Å². The van der Waals surface area contributed by atoms with Crippen LogP contribution >= 0.6 is 11.6 Å². The first kappa shape index (κ1) is 15.7. The van der Waals surface area contributed by atoms with Gasteiger partial charge in [0, 0.05) is 5.39 Å². The fraction of sp³-hybridized carbons (Fsp3) is 0.250. The van der Waals surface area contributed by atoms with Gasteiger partial charge in [-0.1, -0.05) is 23.7 Å². The summed E-state index contributed by atoms with van der Waals surface area (Å²) in [5, 5.41) is -0.200. The highest BCUT2D eigenvalue weighted by Gasteiger charge is 2.34. The van der Waals surface area contributed by atoms with Crippen molar-refractivity contribution in [3.8, 4) is 5.75 Å². The first-order valence-electron chi connectivity index (χ1n) is 5.44. The fourth-order valence-corrected chi connectivity index (χ4v) is 1.86. The summed E-state index contributed by atoms with van der Waals surface area (Å²) in [6, 6.07) is 4.36. The third-order valence-corrected chi connectivity index (χ3v) is 2.75. The minimum atomic E-state index is -4.77. The summed E-state index contributed by atoms with van der Waals surface area (Å²) < 4.78 is 78.9. The average Bonchev–Trinajstić information content (AvgIpc) is 2.34. The van der Waals surface area contributed by atoms with Gasteiger partial charge in [0.05, 0.1) is 5.02 Å². The molecular formula is C12H6ClF6NO. The predicted molar refractivity (Wildman–Crippen MR) is 63.3 cm³/mol. The van der Waals surface area contributed by atoms with Gasteiger partial charge in [0.25, 0.3) is 0 Å². The molecule has 0 aliphatic carbocycles.